The number of hydrogen-bond acceptors (Lipinski definition) is 8. The molecule has 2 aliphatic heterocycles. The van der Waals surface area contributed by atoms with Gasteiger partial charge in [-0.3, -0.25) is 0 Å². The molecule has 2 aliphatic carbocycles. The molecule has 0 atom stereocenters. The molecule has 2 heterocycles. The third-order valence-electron chi connectivity index (χ3n) is 17.9. The number of rotatable bonds is 0. The summed E-state index contributed by atoms with van der Waals surface area (Å²) in [5.41, 5.74) is 17.4. The summed E-state index contributed by atoms with van der Waals surface area (Å²) in [6.45, 7) is 28.1. The van der Waals surface area contributed by atoms with Crippen molar-refractivity contribution >= 4 is 0 Å². The van der Waals surface area contributed by atoms with Crippen molar-refractivity contribution in [2.75, 3.05) is 26.4 Å². The summed E-state index contributed by atoms with van der Waals surface area (Å²) in [4.78, 5) is 0. The van der Waals surface area contributed by atoms with E-state index in [1.54, 1.807) is 0 Å². The van der Waals surface area contributed by atoms with Gasteiger partial charge in [-0.1, -0.05) is 204 Å². The second-order valence-corrected chi connectivity index (χ2v) is 28.7. The summed E-state index contributed by atoms with van der Waals surface area (Å²) in [7, 11) is 0. The van der Waals surface area contributed by atoms with Crippen LogP contribution in [-0.4, -0.2) is 46.9 Å². The van der Waals surface area contributed by atoms with E-state index in [0.717, 1.165) is 134 Å². The molecule has 0 aromatic heterocycles. The fourth-order valence-corrected chi connectivity index (χ4v) is 12.7. The highest BCUT2D eigenvalue weighted by Crippen LogP contribution is 2.45. The Morgan fingerprint density at radius 1 is 0.244 bits per heavy atom. The highest BCUT2D eigenvalue weighted by Gasteiger charge is 2.30. The van der Waals surface area contributed by atoms with E-state index in [1.807, 2.05) is 48.5 Å². The van der Waals surface area contributed by atoms with Crippen LogP contribution < -0.4 is 18.9 Å². The molecule has 448 valence electrons. The molecule has 8 nitrogen and oxygen atoms in total. The van der Waals surface area contributed by atoms with Crippen molar-refractivity contribution in [3.05, 3.63) is 233 Å². The van der Waals surface area contributed by atoms with Crippen molar-refractivity contribution in [1.29, 1.82) is 0 Å². The molecule has 0 amide bonds. The highest BCUT2D eigenvalue weighted by atomic mass is 16.5. The molecule has 0 spiro atoms. The van der Waals surface area contributed by atoms with Crippen molar-refractivity contribution < 1.29 is 39.4 Å². The van der Waals surface area contributed by atoms with E-state index in [4.69, 9.17) is 18.9 Å². The molecule has 4 N–H and O–H groups in total. The minimum atomic E-state index is -0.254. The van der Waals surface area contributed by atoms with Gasteiger partial charge in [-0.15, -0.1) is 0 Å². The molecular formula is C78H88O8. The SMILES string of the molecule is CC(C)(C)c1cc2c(O)c(c1)Cc1cc(C(C)(C)C)cc3c1OCCCOc1c4cccc1Cc1cccc(c1O)Cc1cccc(c1OCCCOc1c(cc(C(C)(C)C)cc1Cc1cc(C(C)(C)C)cc(c1O)C3)C2)Cc1cccc(c1O)C4. The molecule has 8 aromatic carbocycles. The van der Waals surface area contributed by atoms with Gasteiger partial charge in [0.15, 0.2) is 0 Å². The van der Waals surface area contributed by atoms with Gasteiger partial charge in [0, 0.05) is 64.2 Å². The minimum absolute atomic E-state index is 0.245. The summed E-state index contributed by atoms with van der Waals surface area (Å²) < 4.78 is 28.4. The smallest absolute Gasteiger partial charge is 0.126 e. The van der Waals surface area contributed by atoms with Gasteiger partial charge in [-0.05, 0) is 133 Å². The van der Waals surface area contributed by atoms with Crippen LogP contribution in [0.15, 0.2) is 121 Å². The molecular weight excluding hydrogens is 1060 g/mol. The minimum Gasteiger partial charge on any atom is -0.507 e. The number of hydrogen-bond donors (Lipinski definition) is 4. The molecule has 8 heteroatoms. The Morgan fingerprint density at radius 2 is 0.419 bits per heavy atom. The van der Waals surface area contributed by atoms with Crippen LogP contribution in [0.3, 0.4) is 0 Å². The zero-order valence-corrected chi connectivity index (χ0v) is 52.9. The Balaban J connectivity index is 1.14. The van der Waals surface area contributed by atoms with Gasteiger partial charge < -0.3 is 39.4 Å². The molecule has 0 unspecified atom stereocenters. The van der Waals surface area contributed by atoms with Gasteiger partial charge in [0.25, 0.3) is 0 Å². The van der Waals surface area contributed by atoms with Gasteiger partial charge in [0.05, 0.1) is 26.4 Å². The first-order valence-electron chi connectivity index (χ1n) is 31.1. The van der Waals surface area contributed by atoms with Crippen LogP contribution in [0, 0.1) is 0 Å². The van der Waals surface area contributed by atoms with Gasteiger partial charge in [0.2, 0.25) is 0 Å². The van der Waals surface area contributed by atoms with Crippen molar-refractivity contribution in [3.8, 4) is 46.0 Å². The fraction of sp³-hybridized carbons (Fsp3) is 0.385. The number of aromatic hydroxyl groups is 4. The van der Waals surface area contributed by atoms with Crippen molar-refractivity contribution in [2.24, 2.45) is 0 Å². The van der Waals surface area contributed by atoms with Crippen molar-refractivity contribution in [3.63, 3.8) is 0 Å². The summed E-state index contributed by atoms with van der Waals surface area (Å²) in [5.74, 6) is 3.93. The van der Waals surface area contributed by atoms with Crippen LogP contribution in [-0.2, 0) is 73.0 Å². The first kappa shape index (κ1) is 59.9. The van der Waals surface area contributed by atoms with Crippen molar-refractivity contribution in [2.45, 2.75) is 169 Å². The lowest BCUT2D eigenvalue weighted by Crippen LogP contribution is -2.17. The molecule has 0 fully saturated rings. The monoisotopic (exact) mass is 1150 g/mol. The Kier molecular flexibility index (Phi) is 16.3. The van der Waals surface area contributed by atoms with E-state index < -0.39 is 0 Å². The first-order chi connectivity index (χ1) is 40.8. The Morgan fingerprint density at radius 3 is 0.640 bits per heavy atom. The average molecular weight is 1150 g/mol. The van der Waals surface area contributed by atoms with Crippen LogP contribution >= 0.6 is 0 Å². The van der Waals surface area contributed by atoms with E-state index in [0.29, 0.717) is 90.6 Å². The molecule has 8 aromatic rings. The Labute approximate surface area is 510 Å². The van der Waals surface area contributed by atoms with Crippen LogP contribution in [0.2, 0.25) is 0 Å². The number of benzene rings is 8. The van der Waals surface area contributed by atoms with E-state index in [1.165, 1.54) is 0 Å². The number of fused-ring (bicyclic) bond motifs is 10. The third-order valence-corrected chi connectivity index (χ3v) is 17.9. The lowest BCUT2D eigenvalue weighted by Gasteiger charge is -2.28. The fourth-order valence-electron chi connectivity index (χ4n) is 12.7. The van der Waals surface area contributed by atoms with Gasteiger partial charge in [-0.25, -0.2) is 0 Å². The largest absolute Gasteiger partial charge is 0.507 e. The molecule has 86 heavy (non-hydrogen) atoms. The first-order valence-corrected chi connectivity index (χ1v) is 31.1. The lowest BCUT2D eigenvalue weighted by molar-refractivity contribution is 0.243. The van der Waals surface area contributed by atoms with Crippen LogP contribution in [0.5, 0.6) is 46.0 Å². The molecule has 12 rings (SSSR count). The van der Waals surface area contributed by atoms with Crippen molar-refractivity contribution in [1.82, 2.24) is 0 Å². The second-order valence-electron chi connectivity index (χ2n) is 28.7. The predicted octanol–water partition coefficient (Wildman–Crippen LogP) is 17.1. The summed E-state index contributed by atoms with van der Waals surface area (Å²) in [6, 6.07) is 42.2. The van der Waals surface area contributed by atoms with E-state index in [9.17, 15) is 20.4 Å². The molecule has 0 saturated heterocycles. The maximum Gasteiger partial charge on any atom is 0.126 e. The quantitative estimate of drug-likeness (QED) is 0.119. The predicted molar refractivity (Wildman–Crippen MR) is 347 cm³/mol. The molecule has 0 saturated carbocycles. The zero-order valence-electron chi connectivity index (χ0n) is 52.9. The topological polar surface area (TPSA) is 118 Å². The normalized spacial score (nSPS) is 15.1. The lowest BCUT2D eigenvalue weighted by atomic mass is 9.79. The zero-order chi connectivity index (χ0) is 61.0. The van der Waals surface area contributed by atoms with E-state index >= 15 is 0 Å². The van der Waals surface area contributed by atoms with Crippen LogP contribution in [0.1, 0.15) is 207 Å². The number of phenolic OH excluding ortho intramolecular Hbond substituents is 4. The summed E-state index contributed by atoms with van der Waals surface area (Å²) in [6.07, 6.45) is 4.30. The standard InChI is InChI=1S/C78H88O8/c1-75(2,3)63-39-55-35-59-43-65(77(7,8)9)45-61-37-57-41-64(76(4,5)6)42-58(70(57)82)38-62-46-66(78(10,11)12)44-60(36-56(40-63)69(55)81)74(62)86-30-18-28-84-72-53-25-16-26-54(72)34-50-22-14-20-48(68(50)80)32-52-24-15-23-51(71(52)83-27-17-29-85-73(59)61)31-47-19-13-21-49(33-53)67(47)79/h13-16,19-26,39-46,79-82H,17-18,27-38H2,1-12H3. The molecule has 0 radical (unpaired) electrons. The number of ether oxygens (including phenoxy) is 4. The highest BCUT2D eigenvalue weighted by molar-refractivity contribution is 5.61. The van der Waals surface area contributed by atoms with Crippen LogP contribution in [0.4, 0.5) is 0 Å². The van der Waals surface area contributed by atoms with Gasteiger partial charge in [-0.2, -0.15) is 0 Å². The summed E-state index contributed by atoms with van der Waals surface area (Å²) >= 11 is 0. The third kappa shape index (κ3) is 12.7. The maximum absolute atomic E-state index is 13.0. The second kappa shape index (κ2) is 23.4. The van der Waals surface area contributed by atoms with E-state index in [-0.39, 0.29) is 44.7 Å². The maximum atomic E-state index is 13.0. The number of phenols is 4. The molecule has 4 aliphatic rings. The summed E-state index contributed by atoms with van der Waals surface area (Å²) in [5, 5.41) is 50.4. The van der Waals surface area contributed by atoms with Gasteiger partial charge in [0.1, 0.15) is 46.0 Å². The average Bonchev–Trinajstić information content (AvgIpc) is 1.12. The van der Waals surface area contributed by atoms with Gasteiger partial charge >= 0.3 is 0 Å². The van der Waals surface area contributed by atoms with Crippen LogP contribution in [0.25, 0.3) is 0 Å². The Bertz CT molecular complexity index is 3440. The number of para-hydroxylation sites is 4. The molecule has 20 bridgehead atoms. The van der Waals surface area contributed by atoms with E-state index in [2.05, 4.69) is 156 Å². The Hall–Kier alpha value is -7.84.